The third-order valence-electron chi connectivity index (χ3n) is 2.98. The van der Waals surface area contributed by atoms with Crippen molar-refractivity contribution >= 4 is 11.6 Å². The number of alkyl halides is 1. The average Bonchev–Trinajstić information content (AvgIpc) is 3.10. The Morgan fingerprint density at radius 2 is 1.89 bits per heavy atom. The van der Waals surface area contributed by atoms with Crippen molar-refractivity contribution < 1.29 is 8.78 Å². The maximum Gasteiger partial charge on any atom is 0.170 e. The molecule has 3 rings (SSSR count). The maximum absolute atomic E-state index is 13.8. The number of halogens is 3. The summed E-state index contributed by atoms with van der Waals surface area (Å²) in [6, 6.07) is 3.96. The van der Waals surface area contributed by atoms with E-state index in [1.165, 1.54) is 18.2 Å². The summed E-state index contributed by atoms with van der Waals surface area (Å²) < 4.78 is 29.3. The molecule has 0 aliphatic heterocycles. The van der Waals surface area contributed by atoms with E-state index in [0.717, 1.165) is 12.8 Å². The van der Waals surface area contributed by atoms with Gasteiger partial charge in [-0.1, -0.05) is 6.07 Å². The highest BCUT2D eigenvalue weighted by atomic mass is 35.5. The molecule has 1 aromatic heterocycles. The lowest BCUT2D eigenvalue weighted by atomic mass is 10.2. The van der Waals surface area contributed by atoms with Crippen molar-refractivity contribution in [3.05, 3.63) is 35.7 Å². The monoisotopic (exact) mass is 269 g/mol. The minimum absolute atomic E-state index is 0.131. The summed E-state index contributed by atoms with van der Waals surface area (Å²) in [4.78, 5) is 0. The second-order valence-corrected chi connectivity index (χ2v) is 4.54. The van der Waals surface area contributed by atoms with Gasteiger partial charge in [-0.3, -0.25) is 0 Å². The van der Waals surface area contributed by atoms with Crippen molar-refractivity contribution in [1.82, 2.24) is 14.8 Å². The Morgan fingerprint density at radius 3 is 2.44 bits per heavy atom. The second-order valence-electron chi connectivity index (χ2n) is 4.27. The zero-order chi connectivity index (χ0) is 12.7. The van der Waals surface area contributed by atoms with E-state index in [0.29, 0.717) is 5.82 Å². The largest absolute Gasteiger partial charge is 0.307 e. The van der Waals surface area contributed by atoms with Crippen LogP contribution in [-0.4, -0.2) is 14.8 Å². The number of aromatic nitrogens is 3. The summed E-state index contributed by atoms with van der Waals surface area (Å²) in [5, 5.41) is 7.79. The van der Waals surface area contributed by atoms with E-state index in [1.807, 2.05) is 0 Å². The Bertz CT molecular complexity index is 573. The molecule has 0 amide bonds. The van der Waals surface area contributed by atoms with Crippen LogP contribution >= 0.6 is 11.6 Å². The lowest BCUT2D eigenvalue weighted by Crippen LogP contribution is -2.04. The summed E-state index contributed by atoms with van der Waals surface area (Å²) in [5.74, 6) is -0.309. The molecule has 3 nitrogen and oxygen atoms in total. The number of hydrogen-bond acceptors (Lipinski definition) is 2. The molecule has 0 saturated heterocycles. The van der Waals surface area contributed by atoms with Crippen molar-refractivity contribution in [2.75, 3.05) is 0 Å². The molecular formula is C12H10ClF2N3. The van der Waals surface area contributed by atoms with Crippen LogP contribution < -0.4 is 0 Å². The number of benzene rings is 1. The number of nitrogens with zero attached hydrogens (tertiary/aromatic N) is 3. The van der Waals surface area contributed by atoms with Crippen LogP contribution in [-0.2, 0) is 5.88 Å². The minimum Gasteiger partial charge on any atom is -0.307 e. The maximum atomic E-state index is 13.8. The molecule has 1 aliphatic carbocycles. The Balaban J connectivity index is 2.20. The van der Waals surface area contributed by atoms with E-state index in [9.17, 15) is 8.78 Å². The van der Waals surface area contributed by atoms with Crippen LogP contribution in [0.5, 0.6) is 0 Å². The summed E-state index contributed by atoms with van der Waals surface area (Å²) in [6.07, 6.45) is 1.93. The SMILES string of the molecule is Fc1cccc(F)c1-c1nnc(CCl)n1C1CC1. The molecule has 0 N–H and O–H groups in total. The van der Waals surface area contributed by atoms with Gasteiger partial charge in [0.2, 0.25) is 0 Å². The highest BCUT2D eigenvalue weighted by molar-refractivity contribution is 6.16. The Kier molecular flexibility index (Phi) is 2.78. The molecule has 1 heterocycles. The van der Waals surface area contributed by atoms with Crippen molar-refractivity contribution in [2.45, 2.75) is 24.8 Å². The van der Waals surface area contributed by atoms with Crippen LogP contribution in [0.1, 0.15) is 24.7 Å². The van der Waals surface area contributed by atoms with E-state index in [4.69, 9.17) is 11.6 Å². The van der Waals surface area contributed by atoms with Gasteiger partial charge >= 0.3 is 0 Å². The van der Waals surface area contributed by atoms with Crippen LogP contribution in [0.3, 0.4) is 0 Å². The molecule has 2 aromatic rings. The van der Waals surface area contributed by atoms with E-state index in [-0.39, 0.29) is 23.3 Å². The minimum atomic E-state index is -0.634. The van der Waals surface area contributed by atoms with E-state index in [1.54, 1.807) is 4.57 Å². The molecule has 94 valence electrons. The van der Waals surface area contributed by atoms with Gasteiger partial charge in [0.1, 0.15) is 17.5 Å². The van der Waals surface area contributed by atoms with Crippen molar-refractivity contribution in [3.63, 3.8) is 0 Å². The topological polar surface area (TPSA) is 30.7 Å². The predicted octanol–water partition coefficient (Wildman–Crippen LogP) is 3.30. The van der Waals surface area contributed by atoms with E-state index >= 15 is 0 Å². The van der Waals surface area contributed by atoms with Crippen molar-refractivity contribution in [3.8, 4) is 11.4 Å². The van der Waals surface area contributed by atoms with E-state index in [2.05, 4.69) is 10.2 Å². The van der Waals surface area contributed by atoms with Gasteiger partial charge in [-0.2, -0.15) is 0 Å². The quantitative estimate of drug-likeness (QED) is 0.801. The molecule has 1 fully saturated rings. The highest BCUT2D eigenvalue weighted by Gasteiger charge is 2.31. The van der Waals surface area contributed by atoms with Gasteiger partial charge in [0.15, 0.2) is 5.82 Å². The Labute approximate surface area is 107 Å². The Morgan fingerprint density at radius 1 is 1.22 bits per heavy atom. The molecule has 0 unspecified atom stereocenters. The molecule has 0 bridgehead atoms. The Hall–Kier alpha value is -1.49. The van der Waals surface area contributed by atoms with Crippen molar-refractivity contribution in [2.24, 2.45) is 0 Å². The smallest absolute Gasteiger partial charge is 0.170 e. The molecule has 1 aromatic carbocycles. The van der Waals surface area contributed by atoms with Gasteiger partial charge in [0.05, 0.1) is 11.4 Å². The van der Waals surface area contributed by atoms with Crippen LogP contribution in [0, 0.1) is 11.6 Å². The highest BCUT2D eigenvalue weighted by Crippen LogP contribution is 2.40. The van der Waals surface area contributed by atoms with Crippen LogP contribution in [0.4, 0.5) is 8.78 Å². The zero-order valence-electron chi connectivity index (χ0n) is 9.41. The molecular weight excluding hydrogens is 260 g/mol. The normalized spacial score (nSPS) is 15.1. The van der Waals surface area contributed by atoms with Crippen molar-refractivity contribution in [1.29, 1.82) is 0 Å². The first kappa shape index (κ1) is 11.6. The number of hydrogen-bond donors (Lipinski definition) is 0. The fourth-order valence-corrected chi connectivity index (χ4v) is 2.20. The molecule has 6 heteroatoms. The lowest BCUT2D eigenvalue weighted by molar-refractivity contribution is 0.583. The third-order valence-corrected chi connectivity index (χ3v) is 3.22. The number of rotatable bonds is 3. The first-order chi connectivity index (χ1) is 8.72. The molecule has 1 saturated carbocycles. The lowest BCUT2D eigenvalue weighted by Gasteiger charge is -2.08. The molecule has 0 spiro atoms. The fourth-order valence-electron chi connectivity index (χ4n) is 2.01. The van der Waals surface area contributed by atoms with E-state index < -0.39 is 11.6 Å². The molecule has 18 heavy (non-hydrogen) atoms. The van der Waals surface area contributed by atoms with Gasteiger partial charge in [-0.15, -0.1) is 21.8 Å². The summed E-state index contributed by atoms with van der Waals surface area (Å²) in [6.45, 7) is 0. The summed E-state index contributed by atoms with van der Waals surface area (Å²) in [7, 11) is 0. The van der Waals surface area contributed by atoms with Gasteiger partial charge in [-0.05, 0) is 25.0 Å². The summed E-state index contributed by atoms with van der Waals surface area (Å²) >= 11 is 5.77. The molecule has 0 atom stereocenters. The molecule has 0 radical (unpaired) electrons. The predicted molar refractivity (Wildman–Crippen MR) is 63.2 cm³/mol. The second kappa shape index (κ2) is 4.31. The van der Waals surface area contributed by atoms with Gasteiger partial charge in [0, 0.05) is 6.04 Å². The molecule has 1 aliphatic rings. The first-order valence-corrected chi connectivity index (χ1v) is 6.20. The van der Waals surface area contributed by atoms with Crippen LogP contribution in [0.2, 0.25) is 0 Å². The van der Waals surface area contributed by atoms with Gasteiger partial charge in [0.25, 0.3) is 0 Å². The average molecular weight is 270 g/mol. The zero-order valence-corrected chi connectivity index (χ0v) is 10.2. The summed E-state index contributed by atoms with van der Waals surface area (Å²) in [5.41, 5.74) is -0.131. The van der Waals surface area contributed by atoms with Crippen LogP contribution in [0.25, 0.3) is 11.4 Å². The third kappa shape index (κ3) is 1.79. The fraction of sp³-hybridized carbons (Fsp3) is 0.333. The van der Waals surface area contributed by atoms with Gasteiger partial charge in [-0.25, -0.2) is 8.78 Å². The first-order valence-electron chi connectivity index (χ1n) is 5.66. The van der Waals surface area contributed by atoms with Crippen LogP contribution in [0.15, 0.2) is 18.2 Å². The standard InChI is InChI=1S/C12H10ClF2N3/c13-6-10-16-17-12(18(10)7-4-5-7)11-8(14)2-1-3-9(11)15/h1-3,7H,4-6H2. The van der Waals surface area contributed by atoms with Gasteiger partial charge < -0.3 is 4.57 Å².